The molecule has 2 aromatic rings. The van der Waals surface area contributed by atoms with Crippen LogP contribution in [0.2, 0.25) is 0 Å². The average Bonchev–Trinajstić information content (AvgIpc) is 2.94. The molecule has 2 heterocycles. The molecular formula is C14H12N2S. The molecule has 17 heavy (non-hydrogen) atoms. The van der Waals surface area contributed by atoms with Crippen molar-refractivity contribution in [2.75, 3.05) is 0 Å². The van der Waals surface area contributed by atoms with Gasteiger partial charge in [0.1, 0.15) is 11.8 Å². The van der Waals surface area contributed by atoms with Gasteiger partial charge in [0.15, 0.2) is 0 Å². The molecule has 1 atom stereocenters. The first-order valence-electron chi connectivity index (χ1n) is 5.66. The van der Waals surface area contributed by atoms with Gasteiger partial charge in [-0.3, -0.25) is 0 Å². The Kier molecular flexibility index (Phi) is 2.66. The molecule has 1 aromatic heterocycles. The first kappa shape index (κ1) is 10.5. The Morgan fingerprint density at radius 3 is 3.00 bits per heavy atom. The third-order valence-electron chi connectivity index (χ3n) is 3.06. The van der Waals surface area contributed by atoms with E-state index in [1.807, 2.05) is 34.7 Å². The number of hydrogen-bond acceptors (Lipinski definition) is 2. The largest absolute Gasteiger partial charge is 0.338 e. The van der Waals surface area contributed by atoms with Crippen LogP contribution in [0.1, 0.15) is 11.3 Å². The molecular weight excluding hydrogens is 228 g/mol. The van der Waals surface area contributed by atoms with Gasteiger partial charge in [-0.05, 0) is 30.2 Å². The summed E-state index contributed by atoms with van der Waals surface area (Å²) in [6, 6.07) is 14.6. The lowest BCUT2D eigenvalue weighted by Crippen LogP contribution is -2.12. The van der Waals surface area contributed by atoms with Crippen molar-refractivity contribution in [3.05, 3.63) is 53.9 Å². The summed E-state index contributed by atoms with van der Waals surface area (Å²) in [6.07, 6.45) is 3.09. The third-order valence-corrected chi connectivity index (χ3v) is 4.36. The van der Waals surface area contributed by atoms with Crippen molar-refractivity contribution in [2.45, 2.75) is 23.1 Å². The molecule has 1 aliphatic heterocycles. The zero-order valence-electron chi connectivity index (χ0n) is 9.34. The monoisotopic (exact) mass is 240 g/mol. The van der Waals surface area contributed by atoms with Gasteiger partial charge >= 0.3 is 0 Å². The van der Waals surface area contributed by atoms with Crippen molar-refractivity contribution in [2.24, 2.45) is 0 Å². The molecule has 0 amide bonds. The average molecular weight is 240 g/mol. The van der Waals surface area contributed by atoms with Gasteiger partial charge in [0, 0.05) is 22.9 Å². The zero-order chi connectivity index (χ0) is 11.7. The van der Waals surface area contributed by atoms with E-state index in [-0.39, 0.29) is 0 Å². The standard InChI is InChI=1S/C14H12N2S/c15-9-12-5-3-7-16(12)10-13-8-11-4-1-2-6-14(11)17-13/h1-7,13H,8,10H2. The van der Waals surface area contributed by atoms with Crippen LogP contribution in [0, 0.1) is 11.3 Å². The van der Waals surface area contributed by atoms with Crippen LogP contribution in [0.5, 0.6) is 0 Å². The number of benzene rings is 1. The van der Waals surface area contributed by atoms with Crippen molar-refractivity contribution in [1.82, 2.24) is 4.57 Å². The maximum absolute atomic E-state index is 8.98. The molecule has 0 saturated carbocycles. The number of hydrogen-bond donors (Lipinski definition) is 0. The predicted molar refractivity (Wildman–Crippen MR) is 68.9 cm³/mol. The smallest absolute Gasteiger partial charge is 0.120 e. The normalized spacial score (nSPS) is 17.7. The topological polar surface area (TPSA) is 28.7 Å². The van der Waals surface area contributed by atoms with Crippen LogP contribution >= 0.6 is 11.8 Å². The maximum atomic E-state index is 8.98. The zero-order valence-corrected chi connectivity index (χ0v) is 10.2. The lowest BCUT2D eigenvalue weighted by atomic mass is 10.1. The molecule has 3 rings (SSSR count). The molecule has 0 radical (unpaired) electrons. The molecule has 84 valence electrons. The van der Waals surface area contributed by atoms with Crippen molar-refractivity contribution in [3.63, 3.8) is 0 Å². The summed E-state index contributed by atoms with van der Waals surface area (Å²) in [5, 5.41) is 9.53. The highest BCUT2D eigenvalue weighted by Gasteiger charge is 2.22. The summed E-state index contributed by atoms with van der Waals surface area (Å²) in [5.74, 6) is 0. The highest BCUT2D eigenvalue weighted by atomic mass is 32.2. The predicted octanol–water partition coefficient (Wildman–Crippen LogP) is 3.08. The van der Waals surface area contributed by atoms with Gasteiger partial charge in [-0.2, -0.15) is 5.26 Å². The highest BCUT2D eigenvalue weighted by molar-refractivity contribution is 8.00. The summed E-state index contributed by atoms with van der Waals surface area (Å²) in [6.45, 7) is 0.912. The van der Waals surface area contributed by atoms with Crippen molar-refractivity contribution >= 4 is 11.8 Å². The number of nitriles is 1. The second kappa shape index (κ2) is 4.31. The molecule has 0 bridgehead atoms. The van der Waals surface area contributed by atoms with E-state index >= 15 is 0 Å². The summed E-state index contributed by atoms with van der Waals surface area (Å²) in [7, 11) is 0. The maximum Gasteiger partial charge on any atom is 0.120 e. The van der Waals surface area contributed by atoms with Gasteiger partial charge in [0.2, 0.25) is 0 Å². The van der Waals surface area contributed by atoms with Gasteiger partial charge in [-0.25, -0.2) is 0 Å². The number of thioether (sulfide) groups is 1. The summed E-state index contributed by atoms with van der Waals surface area (Å²) in [4.78, 5) is 1.39. The Bertz CT molecular complexity index is 555. The van der Waals surface area contributed by atoms with Crippen LogP contribution in [-0.4, -0.2) is 9.82 Å². The molecule has 0 aliphatic carbocycles. The van der Waals surface area contributed by atoms with E-state index < -0.39 is 0 Å². The van der Waals surface area contributed by atoms with Crippen molar-refractivity contribution in [3.8, 4) is 6.07 Å². The fourth-order valence-electron chi connectivity index (χ4n) is 2.25. The molecule has 2 nitrogen and oxygen atoms in total. The van der Waals surface area contributed by atoms with Crippen LogP contribution in [-0.2, 0) is 13.0 Å². The van der Waals surface area contributed by atoms with E-state index in [4.69, 9.17) is 5.26 Å². The minimum absolute atomic E-state index is 0.548. The van der Waals surface area contributed by atoms with Gasteiger partial charge in [-0.15, -0.1) is 11.8 Å². The first-order chi connectivity index (χ1) is 8.36. The molecule has 0 saturated heterocycles. The van der Waals surface area contributed by atoms with E-state index in [9.17, 15) is 0 Å². The molecule has 1 unspecified atom stereocenters. The van der Waals surface area contributed by atoms with Crippen molar-refractivity contribution < 1.29 is 0 Å². The number of nitrogens with zero attached hydrogens (tertiary/aromatic N) is 2. The molecule has 0 fully saturated rings. The second-order valence-electron chi connectivity index (χ2n) is 4.21. The number of aromatic nitrogens is 1. The Morgan fingerprint density at radius 1 is 1.29 bits per heavy atom. The molecule has 0 spiro atoms. The lowest BCUT2D eigenvalue weighted by molar-refractivity contribution is 0.661. The molecule has 0 N–H and O–H groups in total. The third kappa shape index (κ3) is 1.96. The van der Waals surface area contributed by atoms with E-state index in [0.717, 1.165) is 18.7 Å². The quantitative estimate of drug-likeness (QED) is 0.807. The molecule has 1 aliphatic rings. The van der Waals surface area contributed by atoms with E-state index in [0.29, 0.717) is 5.25 Å². The Balaban J connectivity index is 1.76. The van der Waals surface area contributed by atoms with Crippen LogP contribution in [0.25, 0.3) is 0 Å². The van der Waals surface area contributed by atoms with Crippen molar-refractivity contribution in [1.29, 1.82) is 5.26 Å². The second-order valence-corrected chi connectivity index (χ2v) is 5.55. The summed E-state index contributed by atoms with van der Waals surface area (Å²) >= 11 is 1.92. The first-order valence-corrected chi connectivity index (χ1v) is 6.54. The summed E-state index contributed by atoms with van der Waals surface area (Å²) in [5.41, 5.74) is 2.19. The van der Waals surface area contributed by atoms with Gasteiger partial charge < -0.3 is 4.57 Å². The Labute approximate surface area is 105 Å². The van der Waals surface area contributed by atoms with E-state index in [1.165, 1.54) is 10.5 Å². The van der Waals surface area contributed by atoms with Gasteiger partial charge in [-0.1, -0.05) is 18.2 Å². The Morgan fingerprint density at radius 2 is 2.18 bits per heavy atom. The SMILES string of the molecule is N#Cc1cccn1CC1Cc2ccccc2S1. The Hall–Kier alpha value is -1.66. The lowest BCUT2D eigenvalue weighted by Gasteiger charge is -2.10. The molecule has 3 heteroatoms. The minimum Gasteiger partial charge on any atom is -0.338 e. The van der Waals surface area contributed by atoms with Gasteiger partial charge in [0.05, 0.1) is 0 Å². The van der Waals surface area contributed by atoms with Crippen LogP contribution < -0.4 is 0 Å². The van der Waals surface area contributed by atoms with Gasteiger partial charge in [0.25, 0.3) is 0 Å². The number of rotatable bonds is 2. The van der Waals surface area contributed by atoms with E-state index in [1.54, 1.807) is 0 Å². The van der Waals surface area contributed by atoms with Crippen LogP contribution in [0.4, 0.5) is 0 Å². The van der Waals surface area contributed by atoms with Crippen LogP contribution in [0.3, 0.4) is 0 Å². The number of fused-ring (bicyclic) bond motifs is 1. The van der Waals surface area contributed by atoms with E-state index in [2.05, 4.69) is 30.3 Å². The highest BCUT2D eigenvalue weighted by Crippen LogP contribution is 2.37. The van der Waals surface area contributed by atoms with Crippen LogP contribution in [0.15, 0.2) is 47.5 Å². The fourth-order valence-corrected chi connectivity index (χ4v) is 3.57. The minimum atomic E-state index is 0.548. The summed E-state index contributed by atoms with van der Waals surface area (Å²) < 4.78 is 2.05. The fraction of sp³-hybridized carbons (Fsp3) is 0.214. The molecule has 1 aromatic carbocycles.